The summed E-state index contributed by atoms with van der Waals surface area (Å²) in [4.78, 5) is 14.5. The quantitative estimate of drug-likeness (QED) is 0.817. The minimum absolute atomic E-state index is 0.0344. The van der Waals surface area contributed by atoms with Gasteiger partial charge in [-0.1, -0.05) is 0 Å². The lowest BCUT2D eigenvalue weighted by atomic mass is 10.1. The Labute approximate surface area is 144 Å². The molecule has 1 N–H and O–H groups in total. The summed E-state index contributed by atoms with van der Waals surface area (Å²) < 4.78 is 52.3. The van der Waals surface area contributed by atoms with E-state index in [1.807, 2.05) is 4.90 Å². The lowest BCUT2D eigenvalue weighted by Gasteiger charge is -2.25. The van der Waals surface area contributed by atoms with Gasteiger partial charge in [-0.3, -0.25) is 14.6 Å². The number of halogens is 4. The molecule has 4 nitrogen and oxygen atoms in total. The Morgan fingerprint density at radius 1 is 1.32 bits per heavy atom. The molecule has 1 fully saturated rings. The first-order chi connectivity index (χ1) is 11.7. The summed E-state index contributed by atoms with van der Waals surface area (Å²) in [7, 11) is 1.75. The molecular formula is C17H22F4N2O2. The number of hydrogen-bond donors (Lipinski definition) is 1. The maximum Gasteiger partial charge on any atom is 0.416 e. The first kappa shape index (κ1) is 19.7. The van der Waals surface area contributed by atoms with E-state index in [1.165, 1.54) is 0 Å². The maximum absolute atomic E-state index is 13.9. The van der Waals surface area contributed by atoms with E-state index < -0.39 is 23.5 Å². The highest BCUT2D eigenvalue weighted by Gasteiger charge is 2.31. The molecule has 1 aromatic carbocycles. The van der Waals surface area contributed by atoms with Gasteiger partial charge in [0.1, 0.15) is 5.82 Å². The van der Waals surface area contributed by atoms with Crippen molar-refractivity contribution in [2.75, 3.05) is 26.7 Å². The average molecular weight is 362 g/mol. The van der Waals surface area contributed by atoms with Crippen LogP contribution in [0.5, 0.6) is 0 Å². The maximum atomic E-state index is 13.9. The van der Waals surface area contributed by atoms with Crippen molar-refractivity contribution < 1.29 is 27.5 Å². The zero-order chi connectivity index (χ0) is 18.6. The fourth-order valence-corrected chi connectivity index (χ4v) is 3.19. The molecule has 25 heavy (non-hydrogen) atoms. The zero-order valence-electron chi connectivity index (χ0n) is 14.0. The molecule has 0 spiro atoms. The van der Waals surface area contributed by atoms with Crippen LogP contribution < -0.4 is 0 Å². The summed E-state index contributed by atoms with van der Waals surface area (Å²) in [6, 6.07) is 2.58. The Bertz CT molecular complexity index is 607. The van der Waals surface area contributed by atoms with Crippen molar-refractivity contribution in [3.63, 3.8) is 0 Å². The fraction of sp³-hybridized carbons (Fsp3) is 0.588. The van der Waals surface area contributed by atoms with Crippen LogP contribution >= 0.6 is 0 Å². The number of carboxylic acids is 1. The summed E-state index contributed by atoms with van der Waals surface area (Å²) in [6.07, 6.45) is -2.20. The summed E-state index contributed by atoms with van der Waals surface area (Å²) in [5.74, 6) is -1.54. The van der Waals surface area contributed by atoms with Crippen molar-refractivity contribution >= 4 is 5.97 Å². The molecule has 8 heteroatoms. The van der Waals surface area contributed by atoms with Crippen LogP contribution in [0, 0.1) is 5.82 Å². The number of likely N-dealkylation sites (tertiary alicyclic amines) is 1. The largest absolute Gasteiger partial charge is 0.480 e. The Balaban J connectivity index is 2.01. The summed E-state index contributed by atoms with van der Waals surface area (Å²) >= 11 is 0. The number of likely N-dealkylation sites (N-methyl/N-ethyl adjacent to an activating group) is 1. The molecule has 1 aliphatic heterocycles. The second-order valence-corrected chi connectivity index (χ2v) is 6.47. The van der Waals surface area contributed by atoms with E-state index in [1.54, 1.807) is 11.9 Å². The van der Waals surface area contributed by atoms with Crippen molar-refractivity contribution in [3.8, 4) is 0 Å². The topological polar surface area (TPSA) is 43.8 Å². The van der Waals surface area contributed by atoms with Gasteiger partial charge in [0.25, 0.3) is 0 Å². The van der Waals surface area contributed by atoms with Gasteiger partial charge in [-0.15, -0.1) is 0 Å². The third-order valence-corrected chi connectivity index (χ3v) is 4.57. The van der Waals surface area contributed by atoms with Crippen LogP contribution in [0.3, 0.4) is 0 Å². The molecule has 0 aromatic heterocycles. The zero-order valence-corrected chi connectivity index (χ0v) is 14.0. The fourth-order valence-electron chi connectivity index (χ4n) is 3.19. The van der Waals surface area contributed by atoms with Crippen LogP contribution in [-0.4, -0.2) is 53.6 Å². The van der Waals surface area contributed by atoms with Crippen molar-refractivity contribution in [1.82, 2.24) is 9.80 Å². The average Bonchev–Trinajstić information content (AvgIpc) is 2.73. The number of nitrogens with zero attached hydrogens (tertiary/aromatic N) is 2. The van der Waals surface area contributed by atoms with E-state index in [2.05, 4.69) is 0 Å². The SMILES string of the molecule is CN(CC(=O)O)C1CCCN(Cc2cc(C(F)(F)F)ccc2F)CC1. The van der Waals surface area contributed by atoms with Gasteiger partial charge in [-0.05, 0) is 57.6 Å². The van der Waals surface area contributed by atoms with E-state index in [4.69, 9.17) is 5.11 Å². The molecule has 2 rings (SSSR count). The number of aliphatic carboxylic acids is 1. The van der Waals surface area contributed by atoms with Gasteiger partial charge in [0.05, 0.1) is 12.1 Å². The monoisotopic (exact) mass is 362 g/mol. The standard InChI is InChI=1S/C17H22F4N2O2/c1-22(11-16(24)25)14-3-2-7-23(8-6-14)10-12-9-13(17(19,20)21)4-5-15(12)18/h4-5,9,14H,2-3,6-8,10-11H2,1H3,(H,24,25). The lowest BCUT2D eigenvalue weighted by Crippen LogP contribution is -2.36. The number of benzene rings is 1. The van der Waals surface area contributed by atoms with Gasteiger partial charge < -0.3 is 5.11 Å². The van der Waals surface area contributed by atoms with E-state index >= 15 is 0 Å². The second kappa shape index (κ2) is 8.14. The van der Waals surface area contributed by atoms with Gasteiger partial charge in [0.15, 0.2) is 0 Å². The van der Waals surface area contributed by atoms with Crippen molar-refractivity contribution in [1.29, 1.82) is 0 Å². The Morgan fingerprint density at radius 2 is 2.04 bits per heavy atom. The molecule has 0 aliphatic carbocycles. The van der Waals surface area contributed by atoms with Gasteiger partial charge >= 0.3 is 12.1 Å². The molecule has 1 heterocycles. The van der Waals surface area contributed by atoms with Gasteiger partial charge in [0, 0.05) is 18.2 Å². The van der Waals surface area contributed by atoms with Gasteiger partial charge in [-0.25, -0.2) is 4.39 Å². The van der Waals surface area contributed by atoms with Crippen LogP contribution in [-0.2, 0) is 17.5 Å². The second-order valence-electron chi connectivity index (χ2n) is 6.47. The normalized spacial score (nSPS) is 19.8. The molecule has 140 valence electrons. The third-order valence-electron chi connectivity index (χ3n) is 4.57. The first-order valence-electron chi connectivity index (χ1n) is 8.17. The first-order valence-corrected chi connectivity index (χ1v) is 8.17. The Hall–Kier alpha value is -1.67. The van der Waals surface area contributed by atoms with Crippen LogP contribution in [0.1, 0.15) is 30.4 Å². The van der Waals surface area contributed by atoms with Crippen LogP contribution in [0.2, 0.25) is 0 Å². The van der Waals surface area contributed by atoms with E-state index in [9.17, 15) is 22.4 Å². The summed E-state index contributed by atoms with van der Waals surface area (Å²) in [5.41, 5.74) is -0.815. The number of carboxylic acid groups (broad SMARTS) is 1. The molecule has 0 amide bonds. The van der Waals surface area contributed by atoms with Gasteiger partial charge in [0.2, 0.25) is 0 Å². The third kappa shape index (κ3) is 5.67. The smallest absolute Gasteiger partial charge is 0.416 e. The highest BCUT2D eigenvalue weighted by molar-refractivity contribution is 5.69. The summed E-state index contributed by atoms with van der Waals surface area (Å²) in [5, 5.41) is 8.87. The van der Waals surface area contributed by atoms with Crippen LogP contribution in [0.4, 0.5) is 17.6 Å². The highest BCUT2D eigenvalue weighted by atomic mass is 19.4. The lowest BCUT2D eigenvalue weighted by molar-refractivity contribution is -0.139. The Kier molecular flexibility index (Phi) is 6.40. The number of alkyl halides is 3. The molecule has 1 aromatic rings. The van der Waals surface area contributed by atoms with Crippen LogP contribution in [0.15, 0.2) is 18.2 Å². The van der Waals surface area contributed by atoms with E-state index in [0.717, 1.165) is 31.0 Å². The minimum atomic E-state index is -4.49. The van der Waals surface area contributed by atoms with Crippen molar-refractivity contribution in [3.05, 3.63) is 35.1 Å². The Morgan fingerprint density at radius 3 is 2.68 bits per heavy atom. The van der Waals surface area contributed by atoms with E-state index in [-0.39, 0.29) is 24.7 Å². The van der Waals surface area contributed by atoms with Crippen molar-refractivity contribution in [2.45, 2.75) is 38.0 Å². The molecule has 1 saturated heterocycles. The molecule has 1 atom stereocenters. The van der Waals surface area contributed by atoms with Gasteiger partial charge in [-0.2, -0.15) is 13.2 Å². The molecule has 0 radical (unpaired) electrons. The van der Waals surface area contributed by atoms with E-state index in [0.29, 0.717) is 19.5 Å². The molecular weight excluding hydrogens is 340 g/mol. The number of carbonyl (C=O) groups is 1. The molecule has 1 aliphatic rings. The van der Waals surface area contributed by atoms with Crippen molar-refractivity contribution in [2.24, 2.45) is 0 Å². The predicted molar refractivity (Wildman–Crippen MR) is 84.6 cm³/mol. The van der Waals surface area contributed by atoms with Crippen LogP contribution in [0.25, 0.3) is 0 Å². The highest BCUT2D eigenvalue weighted by Crippen LogP contribution is 2.31. The number of hydrogen-bond acceptors (Lipinski definition) is 3. The molecule has 0 bridgehead atoms. The number of rotatable bonds is 5. The predicted octanol–water partition coefficient (Wildman–Crippen LogP) is 3.22. The summed E-state index contributed by atoms with van der Waals surface area (Å²) in [6.45, 7) is 1.30. The molecule has 1 unspecified atom stereocenters. The molecule has 0 saturated carbocycles. The minimum Gasteiger partial charge on any atom is -0.480 e.